The number of carbonyl (C=O) groups excluding carboxylic acids is 2. The van der Waals surface area contributed by atoms with Crippen LogP contribution in [0.15, 0.2) is 0 Å². The van der Waals surface area contributed by atoms with E-state index in [2.05, 4.69) is 4.74 Å². The third-order valence-corrected chi connectivity index (χ3v) is 2.85. The fraction of sp³-hybridized carbons (Fsp3) is 0.778. The maximum absolute atomic E-state index is 11.0. The first kappa shape index (κ1) is 12.5. The van der Waals surface area contributed by atoms with E-state index >= 15 is 0 Å². The first-order chi connectivity index (χ1) is 5.87. The van der Waals surface area contributed by atoms with Crippen LogP contribution in [0.2, 0.25) is 0 Å². The molecule has 0 fully saturated rings. The molecule has 0 aromatic rings. The van der Waals surface area contributed by atoms with Gasteiger partial charge in [0.1, 0.15) is 0 Å². The van der Waals surface area contributed by atoms with Gasteiger partial charge in [-0.25, -0.2) is 0 Å². The van der Waals surface area contributed by atoms with E-state index in [1.807, 2.05) is 13.8 Å². The zero-order chi connectivity index (χ0) is 10.5. The Morgan fingerprint density at radius 1 is 1.38 bits per heavy atom. The maximum Gasteiger partial charge on any atom is 0.306 e. The summed E-state index contributed by atoms with van der Waals surface area (Å²) < 4.78 is 4.56. The second kappa shape index (κ2) is 5.27. The maximum atomic E-state index is 11.0. The minimum atomic E-state index is -0.228. The minimum absolute atomic E-state index is 0.0814. The van der Waals surface area contributed by atoms with Crippen molar-refractivity contribution in [2.75, 3.05) is 12.9 Å². The number of methoxy groups -OCH3 is 1. The summed E-state index contributed by atoms with van der Waals surface area (Å²) in [5, 5.41) is 0.0814. The predicted octanol–water partition coefficient (Wildman–Crippen LogP) is 1.86. The monoisotopic (exact) mass is 204 g/mol. The Bertz CT molecular complexity index is 199. The van der Waals surface area contributed by atoms with Gasteiger partial charge in [0.2, 0.25) is 0 Å². The molecule has 4 heteroatoms. The van der Waals surface area contributed by atoms with E-state index in [9.17, 15) is 9.59 Å². The van der Waals surface area contributed by atoms with Crippen LogP contribution in [0.4, 0.5) is 0 Å². The number of thioether (sulfide) groups is 1. The molecule has 0 unspecified atom stereocenters. The molecule has 0 aliphatic carbocycles. The zero-order valence-electron chi connectivity index (χ0n) is 8.55. The van der Waals surface area contributed by atoms with Gasteiger partial charge in [-0.15, -0.1) is 0 Å². The summed E-state index contributed by atoms with van der Waals surface area (Å²) in [5.74, 6) is 0.423. The minimum Gasteiger partial charge on any atom is -0.469 e. The Labute approximate surface area is 83.2 Å². The van der Waals surface area contributed by atoms with Gasteiger partial charge in [0.05, 0.1) is 13.5 Å². The van der Waals surface area contributed by atoms with Crippen LogP contribution in [0.3, 0.4) is 0 Å². The van der Waals surface area contributed by atoms with Gasteiger partial charge >= 0.3 is 5.97 Å². The largest absolute Gasteiger partial charge is 0.469 e. The van der Waals surface area contributed by atoms with Crippen molar-refractivity contribution in [3.63, 3.8) is 0 Å². The lowest BCUT2D eigenvalue weighted by atomic mass is 9.92. The quantitative estimate of drug-likeness (QED) is 0.655. The molecule has 0 aliphatic rings. The van der Waals surface area contributed by atoms with Crippen molar-refractivity contribution in [3.8, 4) is 0 Å². The molecule has 0 amide bonds. The van der Waals surface area contributed by atoms with E-state index in [0.717, 1.165) is 0 Å². The fourth-order valence-corrected chi connectivity index (χ4v) is 1.51. The van der Waals surface area contributed by atoms with Crippen LogP contribution in [0, 0.1) is 5.41 Å². The van der Waals surface area contributed by atoms with Crippen molar-refractivity contribution in [2.45, 2.75) is 27.2 Å². The van der Waals surface area contributed by atoms with Gasteiger partial charge in [-0.05, 0) is 5.41 Å². The van der Waals surface area contributed by atoms with Crippen molar-refractivity contribution < 1.29 is 14.3 Å². The summed E-state index contributed by atoms with van der Waals surface area (Å²) in [6, 6.07) is 0. The molecular weight excluding hydrogens is 188 g/mol. The van der Waals surface area contributed by atoms with Crippen LogP contribution in [-0.2, 0) is 14.3 Å². The smallest absolute Gasteiger partial charge is 0.306 e. The molecule has 0 aromatic heterocycles. The second-order valence-corrected chi connectivity index (χ2v) is 4.85. The zero-order valence-corrected chi connectivity index (χ0v) is 9.36. The summed E-state index contributed by atoms with van der Waals surface area (Å²) in [6.45, 7) is 5.42. The molecule has 0 spiro atoms. The van der Waals surface area contributed by atoms with Crippen LogP contribution in [-0.4, -0.2) is 23.9 Å². The average Bonchev–Trinajstić information content (AvgIpc) is 2.00. The van der Waals surface area contributed by atoms with Crippen molar-refractivity contribution in [3.05, 3.63) is 0 Å². The lowest BCUT2D eigenvalue weighted by molar-refractivity contribution is -0.142. The topological polar surface area (TPSA) is 43.4 Å². The molecule has 0 radical (unpaired) electrons. The first-order valence-electron chi connectivity index (χ1n) is 4.07. The number of hydrogen-bond donors (Lipinski definition) is 0. The summed E-state index contributed by atoms with van der Waals surface area (Å²) >= 11 is 1.24. The van der Waals surface area contributed by atoms with Crippen LogP contribution in [0.1, 0.15) is 27.2 Å². The molecule has 0 saturated carbocycles. The van der Waals surface area contributed by atoms with Crippen LogP contribution < -0.4 is 0 Å². The molecule has 76 valence electrons. The summed E-state index contributed by atoms with van der Waals surface area (Å²) in [4.78, 5) is 21.6. The summed E-state index contributed by atoms with van der Waals surface area (Å²) in [5.41, 5.74) is -0.177. The SMILES string of the molecule is COC(=O)CC(C)(C)CSC(C)=O. The fourth-order valence-electron chi connectivity index (χ4n) is 0.811. The van der Waals surface area contributed by atoms with E-state index in [1.165, 1.54) is 25.8 Å². The third-order valence-electron chi connectivity index (χ3n) is 1.52. The van der Waals surface area contributed by atoms with Crippen LogP contribution in [0.25, 0.3) is 0 Å². The molecule has 0 atom stereocenters. The first-order valence-corrected chi connectivity index (χ1v) is 5.06. The lowest BCUT2D eigenvalue weighted by Crippen LogP contribution is -2.21. The van der Waals surface area contributed by atoms with E-state index in [0.29, 0.717) is 12.2 Å². The Kier molecular flexibility index (Phi) is 5.06. The lowest BCUT2D eigenvalue weighted by Gasteiger charge is -2.21. The normalized spacial score (nSPS) is 11.1. The van der Waals surface area contributed by atoms with Crippen molar-refractivity contribution in [1.29, 1.82) is 0 Å². The highest BCUT2D eigenvalue weighted by Crippen LogP contribution is 2.26. The number of carbonyl (C=O) groups is 2. The van der Waals surface area contributed by atoms with Gasteiger partial charge in [-0.3, -0.25) is 9.59 Å². The molecular formula is C9H16O3S. The highest BCUT2D eigenvalue weighted by atomic mass is 32.2. The predicted molar refractivity (Wildman–Crippen MR) is 53.6 cm³/mol. The number of ether oxygens (including phenoxy) is 1. The van der Waals surface area contributed by atoms with Gasteiger partial charge in [-0.2, -0.15) is 0 Å². The van der Waals surface area contributed by atoms with E-state index in [-0.39, 0.29) is 16.5 Å². The Hall–Kier alpha value is -0.510. The molecule has 0 aliphatic heterocycles. The van der Waals surface area contributed by atoms with Crippen molar-refractivity contribution >= 4 is 22.8 Å². The van der Waals surface area contributed by atoms with Gasteiger partial charge in [-0.1, -0.05) is 25.6 Å². The van der Waals surface area contributed by atoms with Gasteiger partial charge in [0.15, 0.2) is 5.12 Å². The molecule has 0 bridgehead atoms. The Balaban J connectivity index is 3.92. The van der Waals surface area contributed by atoms with Gasteiger partial charge < -0.3 is 4.74 Å². The van der Waals surface area contributed by atoms with Crippen molar-refractivity contribution in [2.24, 2.45) is 5.41 Å². The standard InChI is InChI=1S/C9H16O3S/c1-7(10)13-6-9(2,3)5-8(11)12-4/h5-6H2,1-4H3. The number of esters is 1. The molecule has 0 saturated heterocycles. The van der Waals surface area contributed by atoms with Crippen molar-refractivity contribution in [1.82, 2.24) is 0 Å². The third kappa shape index (κ3) is 6.63. The van der Waals surface area contributed by atoms with Gasteiger partial charge in [0, 0.05) is 12.7 Å². The molecule has 0 N–H and O–H groups in total. The van der Waals surface area contributed by atoms with Gasteiger partial charge in [0.25, 0.3) is 0 Å². The molecule has 3 nitrogen and oxygen atoms in total. The highest BCUT2D eigenvalue weighted by Gasteiger charge is 2.23. The summed E-state index contributed by atoms with van der Waals surface area (Å²) in [6.07, 6.45) is 0.351. The molecule has 13 heavy (non-hydrogen) atoms. The number of rotatable bonds is 4. The molecule has 0 aromatic carbocycles. The summed E-state index contributed by atoms with van der Waals surface area (Å²) in [7, 11) is 1.37. The van der Waals surface area contributed by atoms with E-state index in [1.54, 1.807) is 0 Å². The number of hydrogen-bond acceptors (Lipinski definition) is 4. The second-order valence-electron chi connectivity index (χ2n) is 3.70. The molecule has 0 heterocycles. The Morgan fingerprint density at radius 3 is 2.31 bits per heavy atom. The van der Waals surface area contributed by atoms with E-state index in [4.69, 9.17) is 0 Å². The van der Waals surface area contributed by atoms with E-state index < -0.39 is 0 Å². The average molecular weight is 204 g/mol. The van der Waals surface area contributed by atoms with Crippen LogP contribution in [0.5, 0.6) is 0 Å². The molecule has 0 rings (SSSR count). The van der Waals surface area contributed by atoms with Crippen LogP contribution >= 0.6 is 11.8 Å². The Morgan fingerprint density at radius 2 is 1.92 bits per heavy atom. The highest BCUT2D eigenvalue weighted by molar-refractivity contribution is 8.13.